The van der Waals surface area contributed by atoms with Gasteiger partial charge in [0, 0.05) is 19.0 Å². The van der Waals surface area contributed by atoms with E-state index in [1.54, 1.807) is 0 Å². The van der Waals surface area contributed by atoms with Gasteiger partial charge < -0.3 is 5.73 Å². The maximum absolute atomic E-state index is 6.62. The summed E-state index contributed by atoms with van der Waals surface area (Å²) in [5.74, 6) is 0.558. The quantitative estimate of drug-likeness (QED) is 0.916. The van der Waals surface area contributed by atoms with E-state index in [0.29, 0.717) is 5.92 Å². The lowest BCUT2D eigenvalue weighted by Gasteiger charge is -2.39. The first-order valence-corrected chi connectivity index (χ1v) is 7.35. The smallest absolute Gasteiger partial charge is 0.0850 e. The van der Waals surface area contributed by atoms with Crippen LogP contribution in [0.15, 0.2) is 0 Å². The van der Waals surface area contributed by atoms with Crippen LogP contribution in [0.25, 0.3) is 0 Å². The van der Waals surface area contributed by atoms with E-state index in [0.717, 1.165) is 35.7 Å². The maximum atomic E-state index is 6.62. The lowest BCUT2D eigenvalue weighted by Crippen LogP contribution is -2.50. The van der Waals surface area contributed by atoms with Gasteiger partial charge in [0.1, 0.15) is 0 Å². The zero-order valence-electron chi connectivity index (χ0n) is 11.7. The number of aryl methyl sites for hydroxylation is 2. The van der Waals surface area contributed by atoms with Gasteiger partial charge in [-0.15, -0.1) is 0 Å². The van der Waals surface area contributed by atoms with E-state index in [1.165, 1.54) is 19.3 Å². The average molecular weight is 270 g/mol. The molecule has 0 aromatic carbocycles. The summed E-state index contributed by atoms with van der Waals surface area (Å²) in [6.45, 7) is 4.35. The standard InChI is InChI=1S/C14H24ClN3/c1-4-11-13(15)12(18(3)17-11)9-14(16)8-6-5-7-10(14)2/h10H,4-9,16H2,1-3H3. The van der Waals surface area contributed by atoms with E-state index in [9.17, 15) is 0 Å². The van der Waals surface area contributed by atoms with Gasteiger partial charge in [0.15, 0.2) is 0 Å². The molecular formula is C14H24ClN3. The molecule has 1 aromatic heterocycles. The van der Waals surface area contributed by atoms with Gasteiger partial charge in [-0.05, 0) is 25.2 Å². The molecule has 0 amide bonds. The molecule has 2 rings (SSSR count). The molecule has 0 saturated heterocycles. The number of hydrogen-bond donors (Lipinski definition) is 1. The van der Waals surface area contributed by atoms with Crippen LogP contribution in [0.3, 0.4) is 0 Å². The Morgan fingerprint density at radius 3 is 2.78 bits per heavy atom. The van der Waals surface area contributed by atoms with Gasteiger partial charge in [-0.3, -0.25) is 4.68 Å². The zero-order valence-corrected chi connectivity index (χ0v) is 12.4. The molecule has 1 heterocycles. The molecule has 0 radical (unpaired) electrons. The summed E-state index contributed by atoms with van der Waals surface area (Å²) in [6.07, 6.45) is 6.58. The van der Waals surface area contributed by atoms with Crippen LogP contribution in [0.5, 0.6) is 0 Å². The third-order valence-electron chi connectivity index (χ3n) is 4.51. The minimum Gasteiger partial charge on any atom is -0.325 e. The largest absolute Gasteiger partial charge is 0.325 e. The van der Waals surface area contributed by atoms with Crippen molar-refractivity contribution in [2.75, 3.05) is 0 Å². The molecule has 1 aliphatic rings. The Morgan fingerprint density at radius 2 is 2.22 bits per heavy atom. The van der Waals surface area contributed by atoms with Crippen LogP contribution in [0.2, 0.25) is 5.02 Å². The Kier molecular flexibility index (Phi) is 4.02. The molecule has 1 saturated carbocycles. The van der Waals surface area contributed by atoms with Crippen molar-refractivity contribution in [3.63, 3.8) is 0 Å². The van der Waals surface area contributed by atoms with Crippen molar-refractivity contribution in [2.24, 2.45) is 18.7 Å². The minimum absolute atomic E-state index is 0.110. The van der Waals surface area contributed by atoms with E-state index in [4.69, 9.17) is 17.3 Å². The lowest BCUT2D eigenvalue weighted by molar-refractivity contribution is 0.201. The number of rotatable bonds is 3. The monoisotopic (exact) mass is 269 g/mol. The van der Waals surface area contributed by atoms with Crippen LogP contribution in [-0.4, -0.2) is 15.3 Å². The molecule has 1 aromatic rings. The molecule has 4 heteroatoms. The highest BCUT2D eigenvalue weighted by molar-refractivity contribution is 6.31. The normalized spacial score (nSPS) is 28.6. The van der Waals surface area contributed by atoms with E-state index < -0.39 is 0 Å². The Bertz CT molecular complexity index is 427. The van der Waals surface area contributed by atoms with Crippen molar-refractivity contribution in [1.82, 2.24) is 9.78 Å². The summed E-state index contributed by atoms with van der Waals surface area (Å²) < 4.78 is 1.91. The first-order chi connectivity index (χ1) is 8.48. The summed E-state index contributed by atoms with van der Waals surface area (Å²) in [6, 6.07) is 0. The first kappa shape index (κ1) is 13.9. The highest BCUT2D eigenvalue weighted by atomic mass is 35.5. The van der Waals surface area contributed by atoms with Crippen LogP contribution in [0, 0.1) is 5.92 Å². The van der Waals surface area contributed by atoms with Crippen molar-refractivity contribution in [1.29, 1.82) is 0 Å². The van der Waals surface area contributed by atoms with Crippen LogP contribution >= 0.6 is 11.6 Å². The SMILES string of the molecule is CCc1nn(C)c(CC2(N)CCCCC2C)c1Cl. The fourth-order valence-corrected chi connectivity index (χ4v) is 3.39. The Hall–Kier alpha value is -0.540. The second kappa shape index (κ2) is 5.22. The van der Waals surface area contributed by atoms with Gasteiger partial charge in [-0.1, -0.05) is 38.3 Å². The second-order valence-corrected chi connectivity index (χ2v) is 6.12. The molecule has 1 fully saturated rings. The molecule has 3 nitrogen and oxygen atoms in total. The van der Waals surface area contributed by atoms with E-state index >= 15 is 0 Å². The first-order valence-electron chi connectivity index (χ1n) is 6.97. The second-order valence-electron chi connectivity index (χ2n) is 5.74. The summed E-state index contributed by atoms with van der Waals surface area (Å²) in [4.78, 5) is 0. The van der Waals surface area contributed by atoms with Crippen LogP contribution in [-0.2, 0) is 19.9 Å². The summed E-state index contributed by atoms with van der Waals surface area (Å²) in [5, 5.41) is 5.30. The molecule has 0 spiro atoms. The average Bonchev–Trinajstić information content (AvgIpc) is 2.60. The van der Waals surface area contributed by atoms with Gasteiger partial charge in [0.2, 0.25) is 0 Å². The summed E-state index contributed by atoms with van der Waals surface area (Å²) in [5.41, 5.74) is 8.60. The predicted octanol–water partition coefficient (Wildman–Crippen LogP) is 3.09. The van der Waals surface area contributed by atoms with Gasteiger partial charge in [0.25, 0.3) is 0 Å². The highest BCUT2D eigenvalue weighted by Gasteiger charge is 2.36. The molecule has 0 bridgehead atoms. The number of aromatic nitrogens is 2. The zero-order chi connectivity index (χ0) is 13.3. The Balaban J connectivity index is 2.25. The lowest BCUT2D eigenvalue weighted by atomic mass is 9.72. The van der Waals surface area contributed by atoms with Gasteiger partial charge >= 0.3 is 0 Å². The number of nitrogens with zero attached hydrogens (tertiary/aromatic N) is 2. The van der Waals surface area contributed by atoms with Crippen molar-refractivity contribution in [3.8, 4) is 0 Å². The van der Waals surface area contributed by atoms with Gasteiger partial charge in [0.05, 0.1) is 16.4 Å². The third kappa shape index (κ3) is 2.43. The molecule has 2 N–H and O–H groups in total. The van der Waals surface area contributed by atoms with Crippen LogP contribution < -0.4 is 5.73 Å². The van der Waals surface area contributed by atoms with E-state index in [-0.39, 0.29) is 5.54 Å². The molecule has 1 aliphatic carbocycles. The highest BCUT2D eigenvalue weighted by Crippen LogP contribution is 2.36. The number of halogens is 1. The number of nitrogens with two attached hydrogens (primary N) is 1. The summed E-state index contributed by atoms with van der Waals surface area (Å²) >= 11 is 6.42. The maximum Gasteiger partial charge on any atom is 0.0850 e. The molecule has 18 heavy (non-hydrogen) atoms. The van der Waals surface area contributed by atoms with Crippen molar-refractivity contribution in [3.05, 3.63) is 16.4 Å². The van der Waals surface area contributed by atoms with Gasteiger partial charge in [-0.2, -0.15) is 5.10 Å². The summed E-state index contributed by atoms with van der Waals surface area (Å²) in [7, 11) is 1.97. The molecule has 102 valence electrons. The van der Waals surface area contributed by atoms with Crippen molar-refractivity contribution >= 4 is 11.6 Å². The van der Waals surface area contributed by atoms with E-state index in [1.807, 2.05) is 11.7 Å². The Morgan fingerprint density at radius 1 is 1.50 bits per heavy atom. The molecule has 0 aliphatic heterocycles. The van der Waals surface area contributed by atoms with Crippen LogP contribution in [0.4, 0.5) is 0 Å². The third-order valence-corrected chi connectivity index (χ3v) is 4.95. The predicted molar refractivity (Wildman–Crippen MR) is 75.9 cm³/mol. The molecule has 2 unspecified atom stereocenters. The topological polar surface area (TPSA) is 43.8 Å². The van der Waals surface area contributed by atoms with Crippen LogP contribution in [0.1, 0.15) is 50.9 Å². The number of hydrogen-bond acceptors (Lipinski definition) is 2. The van der Waals surface area contributed by atoms with Crippen molar-refractivity contribution in [2.45, 2.75) is 57.9 Å². The molecular weight excluding hydrogens is 246 g/mol. The van der Waals surface area contributed by atoms with Crippen molar-refractivity contribution < 1.29 is 0 Å². The fourth-order valence-electron chi connectivity index (χ4n) is 3.02. The van der Waals surface area contributed by atoms with E-state index in [2.05, 4.69) is 18.9 Å². The Labute approximate surface area is 115 Å². The minimum atomic E-state index is -0.110. The fraction of sp³-hybridized carbons (Fsp3) is 0.786. The molecule has 2 atom stereocenters. The van der Waals surface area contributed by atoms with Gasteiger partial charge in [-0.25, -0.2) is 0 Å².